The van der Waals surface area contributed by atoms with Crippen LogP contribution in [-0.2, 0) is 21.9 Å². The molecule has 1 unspecified atom stereocenters. The molecule has 0 amide bonds. The average molecular weight is 443 g/mol. The molecule has 0 saturated carbocycles. The molecule has 31 heavy (non-hydrogen) atoms. The van der Waals surface area contributed by atoms with E-state index in [4.69, 9.17) is 9.31 Å². The van der Waals surface area contributed by atoms with Gasteiger partial charge in [0.05, 0.1) is 11.2 Å². The van der Waals surface area contributed by atoms with Crippen LogP contribution < -0.4 is 10.9 Å². The van der Waals surface area contributed by atoms with Gasteiger partial charge in [0.1, 0.15) is 17.3 Å². The highest BCUT2D eigenvalue weighted by Gasteiger charge is 2.55. The lowest BCUT2D eigenvalue weighted by molar-refractivity contribution is -0.141. The molecule has 1 aliphatic heterocycles. The molecule has 1 aromatic heterocycles. The Morgan fingerprint density at radius 1 is 1.03 bits per heavy atom. The molecule has 5 nitrogen and oxygen atoms in total. The van der Waals surface area contributed by atoms with E-state index in [2.05, 4.69) is 4.98 Å². The largest absolute Gasteiger partial charge is 0.494 e. The van der Waals surface area contributed by atoms with Gasteiger partial charge in [0.15, 0.2) is 0 Å². The minimum atomic E-state index is -4.66. The van der Waals surface area contributed by atoms with E-state index >= 15 is 0 Å². The predicted octanol–water partition coefficient (Wildman–Crippen LogP) is 1.89. The first-order chi connectivity index (χ1) is 14.1. The Morgan fingerprint density at radius 2 is 1.68 bits per heavy atom. The number of halogens is 5. The van der Waals surface area contributed by atoms with Crippen LogP contribution in [0.1, 0.15) is 37.7 Å². The van der Waals surface area contributed by atoms with E-state index in [-0.39, 0.29) is 23.1 Å². The second kappa shape index (κ2) is 7.84. The zero-order valence-corrected chi connectivity index (χ0v) is 17.2. The molecule has 1 fully saturated rings. The fourth-order valence-corrected chi connectivity index (χ4v) is 3.47. The zero-order chi connectivity index (χ0) is 23.4. The zero-order valence-electron chi connectivity index (χ0n) is 17.2. The molecule has 2 heterocycles. The van der Waals surface area contributed by atoms with Gasteiger partial charge in [-0.25, -0.2) is 13.8 Å². The summed E-state index contributed by atoms with van der Waals surface area (Å²) in [6.45, 7) is 6.26. The van der Waals surface area contributed by atoms with Crippen molar-refractivity contribution in [2.24, 2.45) is 0 Å². The maximum Gasteiger partial charge on any atom is 0.494 e. The van der Waals surface area contributed by atoms with Gasteiger partial charge in [-0.3, -0.25) is 0 Å². The van der Waals surface area contributed by atoms with Gasteiger partial charge in [-0.2, -0.15) is 13.2 Å². The Bertz CT molecular complexity index is 1000. The summed E-state index contributed by atoms with van der Waals surface area (Å²) in [5.74, 6) is -2.04. The fourth-order valence-electron chi connectivity index (χ4n) is 3.47. The second-order valence-corrected chi connectivity index (χ2v) is 8.25. The van der Waals surface area contributed by atoms with E-state index in [1.807, 2.05) is 0 Å². The Morgan fingerprint density at radius 3 is 2.26 bits per heavy atom. The van der Waals surface area contributed by atoms with Gasteiger partial charge < -0.3 is 19.4 Å². The molecular weight excluding hydrogens is 423 g/mol. The highest BCUT2D eigenvalue weighted by molar-refractivity contribution is 6.62. The maximum atomic E-state index is 14.4. The van der Waals surface area contributed by atoms with Crippen molar-refractivity contribution < 1.29 is 41.3 Å². The molecular formula is C19H20B2F5NO4. The van der Waals surface area contributed by atoms with Crippen molar-refractivity contribution in [3.63, 3.8) is 0 Å². The molecule has 166 valence electrons. The van der Waals surface area contributed by atoms with Crippen molar-refractivity contribution in [1.82, 2.24) is 4.98 Å². The van der Waals surface area contributed by atoms with Gasteiger partial charge in [-0.15, -0.1) is 0 Å². The second-order valence-electron chi connectivity index (χ2n) is 8.25. The van der Waals surface area contributed by atoms with Crippen LogP contribution in [0, 0.1) is 18.6 Å². The van der Waals surface area contributed by atoms with Gasteiger partial charge in [-0.05, 0) is 50.9 Å². The summed E-state index contributed by atoms with van der Waals surface area (Å²) in [6.07, 6.45) is -4.82. The summed E-state index contributed by atoms with van der Waals surface area (Å²) in [6, 6.07) is 3.75. The quantitative estimate of drug-likeness (QED) is 0.559. The minimum absolute atomic E-state index is 0.0637. The normalized spacial score (nSPS) is 20.9. The molecule has 1 aromatic carbocycles. The highest BCUT2D eigenvalue weighted by Crippen LogP contribution is 2.40. The van der Waals surface area contributed by atoms with Crippen molar-refractivity contribution in [2.75, 3.05) is 0 Å². The van der Waals surface area contributed by atoms with Crippen LogP contribution in [0.15, 0.2) is 24.3 Å². The summed E-state index contributed by atoms with van der Waals surface area (Å²) in [5.41, 5.74) is -3.78. The van der Waals surface area contributed by atoms with E-state index in [1.165, 1.54) is 13.0 Å². The number of rotatable bonds is 4. The summed E-state index contributed by atoms with van der Waals surface area (Å²) < 4.78 is 79.5. The highest BCUT2D eigenvalue weighted by atomic mass is 19.4. The van der Waals surface area contributed by atoms with Crippen LogP contribution in [0.5, 0.6) is 0 Å². The molecule has 12 heteroatoms. The van der Waals surface area contributed by atoms with Crippen molar-refractivity contribution >= 4 is 25.2 Å². The van der Waals surface area contributed by atoms with Crippen molar-refractivity contribution in [3.05, 3.63) is 52.9 Å². The predicted molar refractivity (Wildman–Crippen MR) is 104 cm³/mol. The summed E-state index contributed by atoms with van der Waals surface area (Å²) in [7, 11) is -3.33. The van der Waals surface area contributed by atoms with Crippen LogP contribution in [0.25, 0.3) is 0 Å². The minimum Gasteiger partial charge on any atom is -0.423 e. The van der Waals surface area contributed by atoms with Crippen molar-refractivity contribution in [3.8, 4) is 0 Å². The third-order valence-corrected chi connectivity index (χ3v) is 5.55. The fraction of sp³-hybridized carbons (Fsp3) is 0.421. The van der Waals surface area contributed by atoms with E-state index in [1.54, 1.807) is 20.8 Å². The lowest BCUT2D eigenvalue weighted by Crippen LogP contribution is -2.47. The van der Waals surface area contributed by atoms with Crippen LogP contribution in [-0.4, -0.2) is 40.5 Å². The third-order valence-electron chi connectivity index (χ3n) is 5.55. The van der Waals surface area contributed by atoms with Crippen LogP contribution in [0.3, 0.4) is 0 Å². The number of nitrogens with zero attached hydrogens (tertiary/aromatic N) is 1. The summed E-state index contributed by atoms with van der Waals surface area (Å²) in [4.78, 5) is 3.49. The van der Waals surface area contributed by atoms with Crippen LogP contribution >= 0.6 is 0 Å². The molecule has 0 spiro atoms. The van der Waals surface area contributed by atoms with Crippen LogP contribution in [0.4, 0.5) is 22.0 Å². The molecule has 0 radical (unpaired) electrons. The standard InChI is InChI=1S/C19H20B2F5NO4/c1-10-5-12(7-16(27-10)19(24,25)26)21-30-17(2,3)18(4,31-21)9-11-6-13(20(28)29)15(23)8-14(11)22/h5-8,28-29H,9H2,1-4H3. The topological polar surface area (TPSA) is 71.8 Å². The summed E-state index contributed by atoms with van der Waals surface area (Å²) >= 11 is 0. The van der Waals surface area contributed by atoms with E-state index in [0.29, 0.717) is 6.07 Å². The SMILES string of the molecule is Cc1cc(B2OC(C)(C)C(C)(Cc3cc(B(O)O)c(F)cc3F)O2)cc(C(F)(F)F)n1. The van der Waals surface area contributed by atoms with E-state index in [0.717, 1.165) is 12.1 Å². The number of aryl methyl sites for hydroxylation is 1. The Balaban J connectivity index is 1.96. The molecule has 2 N–H and O–H groups in total. The first kappa shape index (κ1) is 23.6. The van der Waals surface area contributed by atoms with E-state index in [9.17, 15) is 32.0 Å². The summed E-state index contributed by atoms with van der Waals surface area (Å²) in [5, 5.41) is 18.6. The number of hydrogen-bond acceptors (Lipinski definition) is 5. The van der Waals surface area contributed by atoms with Gasteiger partial charge >= 0.3 is 20.4 Å². The lowest BCUT2D eigenvalue weighted by Gasteiger charge is -2.36. The number of pyridine rings is 1. The van der Waals surface area contributed by atoms with Gasteiger partial charge in [0.2, 0.25) is 0 Å². The number of alkyl halides is 3. The molecule has 1 atom stereocenters. The molecule has 0 bridgehead atoms. The number of aromatic nitrogens is 1. The molecule has 0 aliphatic carbocycles. The average Bonchev–Trinajstić information content (AvgIpc) is 2.85. The molecule has 1 aliphatic rings. The smallest absolute Gasteiger partial charge is 0.423 e. The van der Waals surface area contributed by atoms with Crippen molar-refractivity contribution in [2.45, 2.75) is 51.5 Å². The number of hydrogen-bond donors (Lipinski definition) is 2. The van der Waals surface area contributed by atoms with Gasteiger partial charge in [0.25, 0.3) is 0 Å². The molecule has 3 rings (SSSR count). The molecule has 2 aromatic rings. The number of benzene rings is 1. The first-order valence-electron chi connectivity index (χ1n) is 9.38. The third kappa shape index (κ3) is 4.62. The van der Waals surface area contributed by atoms with Crippen LogP contribution in [0.2, 0.25) is 0 Å². The lowest BCUT2D eigenvalue weighted by atomic mass is 9.76. The van der Waals surface area contributed by atoms with Gasteiger partial charge in [-0.1, -0.05) is 6.07 Å². The Hall–Kier alpha value is -2.01. The monoisotopic (exact) mass is 443 g/mol. The van der Waals surface area contributed by atoms with Gasteiger partial charge in [0, 0.05) is 23.6 Å². The maximum absolute atomic E-state index is 14.4. The van der Waals surface area contributed by atoms with Crippen molar-refractivity contribution in [1.29, 1.82) is 0 Å². The Labute approximate surface area is 176 Å². The first-order valence-corrected chi connectivity index (χ1v) is 9.38. The Kier molecular flexibility index (Phi) is 5.98. The molecule has 1 saturated heterocycles. The van der Waals surface area contributed by atoms with E-state index < -0.39 is 54.4 Å².